The van der Waals surface area contributed by atoms with E-state index in [2.05, 4.69) is 10.3 Å². The maximum atomic E-state index is 9.95. The highest BCUT2D eigenvalue weighted by Gasteiger charge is 2.40. The van der Waals surface area contributed by atoms with E-state index in [1.807, 2.05) is 12.1 Å². The number of rotatable bonds is 5. The average molecular weight is 252 g/mol. The van der Waals surface area contributed by atoms with E-state index in [1.165, 1.54) is 0 Å². The Morgan fingerprint density at radius 3 is 2.94 bits per heavy atom. The van der Waals surface area contributed by atoms with Gasteiger partial charge in [-0.15, -0.1) is 0 Å². The summed E-state index contributed by atoms with van der Waals surface area (Å²) in [5.74, 6) is -0.00333. The highest BCUT2D eigenvalue weighted by atomic mass is 16.5. The maximum absolute atomic E-state index is 9.95. The minimum atomic E-state index is -0.734. The van der Waals surface area contributed by atoms with Crippen molar-refractivity contribution in [1.82, 2.24) is 10.3 Å². The number of hydrogen-bond acceptors (Lipinski definition) is 5. The van der Waals surface area contributed by atoms with Gasteiger partial charge in [-0.3, -0.25) is 4.98 Å². The van der Waals surface area contributed by atoms with Gasteiger partial charge in [0, 0.05) is 38.0 Å². The van der Waals surface area contributed by atoms with Gasteiger partial charge < -0.3 is 20.3 Å². The SMILES string of the molecule is COCC1CC(NCc2cccnc2)C(O)C1O. The molecule has 100 valence electrons. The van der Waals surface area contributed by atoms with E-state index in [0.29, 0.717) is 13.2 Å². The number of aliphatic hydroxyl groups is 2. The fraction of sp³-hybridized carbons (Fsp3) is 0.615. The fourth-order valence-electron chi connectivity index (χ4n) is 2.46. The monoisotopic (exact) mass is 252 g/mol. The van der Waals surface area contributed by atoms with Crippen molar-refractivity contribution in [2.45, 2.75) is 31.2 Å². The van der Waals surface area contributed by atoms with Crippen LogP contribution in [0.4, 0.5) is 0 Å². The first-order valence-corrected chi connectivity index (χ1v) is 6.19. The van der Waals surface area contributed by atoms with Gasteiger partial charge in [0.25, 0.3) is 0 Å². The molecule has 18 heavy (non-hydrogen) atoms. The van der Waals surface area contributed by atoms with Gasteiger partial charge in [-0.1, -0.05) is 6.07 Å². The van der Waals surface area contributed by atoms with Crippen LogP contribution < -0.4 is 5.32 Å². The second-order valence-corrected chi connectivity index (χ2v) is 4.78. The lowest BCUT2D eigenvalue weighted by Crippen LogP contribution is -2.39. The van der Waals surface area contributed by atoms with E-state index in [-0.39, 0.29) is 12.0 Å². The van der Waals surface area contributed by atoms with E-state index < -0.39 is 12.2 Å². The molecule has 1 aliphatic rings. The molecule has 0 saturated heterocycles. The molecule has 1 aromatic heterocycles. The van der Waals surface area contributed by atoms with Gasteiger partial charge in [-0.05, 0) is 18.1 Å². The van der Waals surface area contributed by atoms with E-state index in [9.17, 15) is 10.2 Å². The number of hydrogen-bond donors (Lipinski definition) is 3. The number of nitrogens with zero attached hydrogens (tertiary/aromatic N) is 1. The Labute approximate surface area is 107 Å². The molecule has 0 radical (unpaired) electrons. The van der Waals surface area contributed by atoms with Gasteiger partial charge in [-0.2, -0.15) is 0 Å². The van der Waals surface area contributed by atoms with Crippen LogP contribution in [0.1, 0.15) is 12.0 Å². The number of ether oxygens (including phenoxy) is 1. The van der Waals surface area contributed by atoms with Crippen molar-refractivity contribution < 1.29 is 14.9 Å². The third kappa shape index (κ3) is 3.05. The predicted molar refractivity (Wildman–Crippen MR) is 66.9 cm³/mol. The largest absolute Gasteiger partial charge is 0.390 e. The number of methoxy groups -OCH3 is 1. The van der Waals surface area contributed by atoms with Crippen LogP contribution in [-0.2, 0) is 11.3 Å². The van der Waals surface area contributed by atoms with Crippen LogP contribution in [0.25, 0.3) is 0 Å². The van der Waals surface area contributed by atoms with Crippen LogP contribution >= 0.6 is 0 Å². The van der Waals surface area contributed by atoms with Crippen molar-refractivity contribution in [2.24, 2.45) is 5.92 Å². The number of pyridine rings is 1. The van der Waals surface area contributed by atoms with E-state index in [0.717, 1.165) is 12.0 Å². The Morgan fingerprint density at radius 1 is 1.44 bits per heavy atom. The lowest BCUT2D eigenvalue weighted by molar-refractivity contribution is -0.00597. The zero-order chi connectivity index (χ0) is 13.0. The maximum Gasteiger partial charge on any atom is 0.0955 e. The van der Waals surface area contributed by atoms with E-state index in [1.54, 1.807) is 19.5 Å². The van der Waals surface area contributed by atoms with Crippen molar-refractivity contribution in [2.75, 3.05) is 13.7 Å². The Balaban J connectivity index is 1.87. The van der Waals surface area contributed by atoms with Gasteiger partial charge >= 0.3 is 0 Å². The summed E-state index contributed by atoms with van der Waals surface area (Å²) in [7, 11) is 1.61. The zero-order valence-corrected chi connectivity index (χ0v) is 10.5. The van der Waals surface area contributed by atoms with Gasteiger partial charge in [0.15, 0.2) is 0 Å². The molecule has 1 aliphatic carbocycles. The first-order valence-electron chi connectivity index (χ1n) is 6.19. The van der Waals surface area contributed by atoms with Crippen LogP contribution in [0.15, 0.2) is 24.5 Å². The second-order valence-electron chi connectivity index (χ2n) is 4.78. The number of aromatic nitrogens is 1. The number of aliphatic hydroxyl groups excluding tert-OH is 2. The standard InChI is InChI=1S/C13H20N2O3/c1-18-8-10-5-11(13(17)12(10)16)15-7-9-3-2-4-14-6-9/h2-4,6,10-13,15-17H,5,7-8H2,1H3. The predicted octanol–water partition coefficient (Wildman–Crippen LogP) is -0.0721. The van der Waals surface area contributed by atoms with Gasteiger partial charge in [0.2, 0.25) is 0 Å². The average Bonchev–Trinajstić information content (AvgIpc) is 2.66. The second kappa shape index (κ2) is 6.24. The molecule has 4 atom stereocenters. The minimum absolute atomic E-state index is 0.00333. The molecule has 5 nitrogen and oxygen atoms in total. The Kier molecular flexibility index (Phi) is 4.66. The molecular weight excluding hydrogens is 232 g/mol. The molecule has 0 bridgehead atoms. The van der Waals surface area contributed by atoms with E-state index in [4.69, 9.17) is 4.74 Å². The highest BCUT2D eigenvalue weighted by molar-refractivity contribution is 5.08. The molecule has 2 rings (SSSR count). The molecule has 5 heteroatoms. The van der Waals surface area contributed by atoms with Gasteiger partial charge in [-0.25, -0.2) is 0 Å². The highest BCUT2D eigenvalue weighted by Crippen LogP contribution is 2.27. The lowest BCUT2D eigenvalue weighted by atomic mass is 10.1. The Hall–Kier alpha value is -1.01. The molecular formula is C13H20N2O3. The normalized spacial score (nSPS) is 31.7. The van der Waals surface area contributed by atoms with Crippen LogP contribution in [0, 0.1) is 5.92 Å². The fourth-order valence-corrected chi connectivity index (χ4v) is 2.46. The van der Waals surface area contributed by atoms with Crippen molar-refractivity contribution in [1.29, 1.82) is 0 Å². The lowest BCUT2D eigenvalue weighted by Gasteiger charge is -2.18. The summed E-state index contributed by atoms with van der Waals surface area (Å²) in [5.41, 5.74) is 1.06. The van der Waals surface area contributed by atoms with Crippen molar-refractivity contribution >= 4 is 0 Å². The number of nitrogens with one attached hydrogen (secondary N) is 1. The molecule has 3 N–H and O–H groups in total. The van der Waals surface area contributed by atoms with Crippen LogP contribution in [0.5, 0.6) is 0 Å². The molecule has 0 amide bonds. The minimum Gasteiger partial charge on any atom is -0.390 e. The Morgan fingerprint density at radius 2 is 2.28 bits per heavy atom. The van der Waals surface area contributed by atoms with Crippen molar-refractivity contribution in [3.8, 4) is 0 Å². The van der Waals surface area contributed by atoms with Gasteiger partial charge in [0.1, 0.15) is 0 Å². The molecule has 0 aliphatic heterocycles. The summed E-state index contributed by atoms with van der Waals surface area (Å²) in [6, 6.07) is 3.76. The summed E-state index contributed by atoms with van der Waals surface area (Å²) in [4.78, 5) is 4.04. The van der Waals surface area contributed by atoms with Crippen molar-refractivity contribution in [3.05, 3.63) is 30.1 Å². The third-order valence-corrected chi connectivity index (χ3v) is 3.47. The molecule has 1 heterocycles. The topological polar surface area (TPSA) is 74.6 Å². The molecule has 1 fully saturated rings. The molecule has 0 aromatic carbocycles. The summed E-state index contributed by atoms with van der Waals surface area (Å²) in [6.45, 7) is 1.12. The third-order valence-electron chi connectivity index (χ3n) is 3.47. The van der Waals surface area contributed by atoms with E-state index >= 15 is 0 Å². The smallest absolute Gasteiger partial charge is 0.0955 e. The molecule has 0 spiro atoms. The molecule has 1 saturated carbocycles. The zero-order valence-electron chi connectivity index (χ0n) is 10.5. The first kappa shape index (κ1) is 13.4. The summed E-state index contributed by atoms with van der Waals surface area (Å²) in [6.07, 6.45) is 2.79. The Bertz CT molecular complexity index is 361. The van der Waals surface area contributed by atoms with Crippen LogP contribution in [-0.4, -0.2) is 47.2 Å². The van der Waals surface area contributed by atoms with Crippen LogP contribution in [0.2, 0.25) is 0 Å². The summed E-state index contributed by atoms with van der Waals surface area (Å²) >= 11 is 0. The molecule has 1 aromatic rings. The van der Waals surface area contributed by atoms with Crippen LogP contribution in [0.3, 0.4) is 0 Å². The van der Waals surface area contributed by atoms with Crippen molar-refractivity contribution in [3.63, 3.8) is 0 Å². The first-order chi connectivity index (χ1) is 8.72. The quantitative estimate of drug-likeness (QED) is 0.684. The molecule has 4 unspecified atom stereocenters. The summed E-state index contributed by atoms with van der Waals surface area (Å²) < 4.78 is 5.05. The van der Waals surface area contributed by atoms with Gasteiger partial charge in [0.05, 0.1) is 18.8 Å². The summed E-state index contributed by atoms with van der Waals surface area (Å²) in [5, 5.41) is 23.1.